The Labute approximate surface area is 193 Å². The molecule has 1 atom stereocenters. The molecule has 0 unspecified atom stereocenters. The van der Waals surface area contributed by atoms with Crippen molar-refractivity contribution in [2.75, 3.05) is 20.0 Å². The van der Waals surface area contributed by atoms with E-state index in [-0.39, 0.29) is 30.1 Å². The van der Waals surface area contributed by atoms with Crippen molar-refractivity contribution >= 4 is 27.9 Å². The van der Waals surface area contributed by atoms with Crippen LogP contribution in [0.3, 0.4) is 0 Å². The summed E-state index contributed by atoms with van der Waals surface area (Å²) >= 11 is 0. The van der Waals surface area contributed by atoms with E-state index in [0.29, 0.717) is 19.4 Å². The lowest BCUT2D eigenvalue weighted by atomic mass is 10.1. The van der Waals surface area contributed by atoms with Crippen molar-refractivity contribution < 1.29 is 31.7 Å². The van der Waals surface area contributed by atoms with Crippen LogP contribution in [0.25, 0.3) is 0 Å². The number of ether oxygens (including phenoxy) is 1. The Morgan fingerprint density at radius 1 is 0.970 bits per heavy atom. The Morgan fingerprint density at radius 2 is 1.67 bits per heavy atom. The van der Waals surface area contributed by atoms with Crippen molar-refractivity contribution in [3.63, 3.8) is 0 Å². The maximum atomic E-state index is 12.8. The van der Waals surface area contributed by atoms with Crippen molar-refractivity contribution in [3.8, 4) is 0 Å². The average Bonchev–Trinajstić information content (AvgIpc) is 2.81. The molecule has 0 heterocycles. The van der Waals surface area contributed by atoms with Gasteiger partial charge in [0.2, 0.25) is 5.91 Å². The summed E-state index contributed by atoms with van der Waals surface area (Å²) in [7, 11) is -2.29. The largest absolute Gasteiger partial charge is 0.465 e. The molecule has 2 N–H and O–H groups in total. The molecule has 178 valence electrons. The van der Waals surface area contributed by atoms with Crippen LogP contribution >= 0.6 is 0 Å². The van der Waals surface area contributed by atoms with Crippen molar-refractivity contribution in [2.24, 2.45) is 0 Å². The van der Waals surface area contributed by atoms with Crippen molar-refractivity contribution in [1.82, 2.24) is 10.6 Å². The molecule has 0 fully saturated rings. The molecule has 2 rings (SSSR count). The molecule has 0 aliphatic rings. The van der Waals surface area contributed by atoms with E-state index in [1.807, 2.05) is 30.3 Å². The molecule has 10 heteroatoms. The third-order valence-corrected chi connectivity index (χ3v) is 5.26. The van der Waals surface area contributed by atoms with Gasteiger partial charge in [-0.1, -0.05) is 36.4 Å². The zero-order chi connectivity index (χ0) is 24.3. The van der Waals surface area contributed by atoms with Gasteiger partial charge in [-0.15, -0.1) is 0 Å². The average molecular weight is 477 g/mol. The van der Waals surface area contributed by atoms with Gasteiger partial charge in [-0.2, -0.15) is 8.42 Å². The number of methoxy groups -OCH3 is 1. The molecule has 9 nitrogen and oxygen atoms in total. The quantitative estimate of drug-likeness (QED) is 0.273. The summed E-state index contributed by atoms with van der Waals surface area (Å²) in [4.78, 5) is 37.3. The van der Waals surface area contributed by atoms with Crippen LogP contribution in [-0.4, -0.2) is 52.2 Å². The number of unbranched alkanes of at least 4 members (excludes halogenated alkanes) is 1. The number of amides is 2. The minimum absolute atomic E-state index is 0.00763. The van der Waals surface area contributed by atoms with E-state index in [4.69, 9.17) is 4.18 Å². The second-order valence-corrected chi connectivity index (χ2v) is 8.97. The first-order valence-corrected chi connectivity index (χ1v) is 12.2. The molecule has 0 radical (unpaired) electrons. The number of hydrogen-bond acceptors (Lipinski definition) is 7. The van der Waals surface area contributed by atoms with Crippen LogP contribution in [0, 0.1) is 0 Å². The van der Waals surface area contributed by atoms with Crippen LogP contribution in [-0.2, 0) is 30.4 Å². The summed E-state index contributed by atoms with van der Waals surface area (Å²) in [6.07, 6.45) is 2.08. The van der Waals surface area contributed by atoms with Gasteiger partial charge >= 0.3 is 5.97 Å². The standard InChI is InChI=1S/C23H28N2O7S/c1-31-23(28)19-12-8-11-18(15-19)21(26)25-20(13-6-7-14-32-33(2,29)30)22(27)24-16-17-9-4-3-5-10-17/h3-5,8-12,15,20H,6-7,13-14,16H2,1-2H3,(H,24,27)(H,25,26)/t20-/m0/s1. The number of hydrogen-bond donors (Lipinski definition) is 2. The molecule has 0 saturated heterocycles. The smallest absolute Gasteiger partial charge is 0.337 e. The predicted molar refractivity (Wildman–Crippen MR) is 122 cm³/mol. The molecule has 2 aromatic carbocycles. The summed E-state index contributed by atoms with van der Waals surface area (Å²) in [6.45, 7) is 0.285. The molecule has 0 aliphatic carbocycles. The van der Waals surface area contributed by atoms with Crippen LogP contribution in [0.4, 0.5) is 0 Å². The van der Waals surface area contributed by atoms with Gasteiger partial charge in [0.25, 0.3) is 16.0 Å². The SMILES string of the molecule is COC(=O)c1cccc(C(=O)N[C@@H](CCCCOS(C)(=O)=O)C(=O)NCc2ccccc2)c1. The maximum absolute atomic E-state index is 12.8. The maximum Gasteiger partial charge on any atom is 0.337 e. The Kier molecular flexibility index (Phi) is 10.0. The monoisotopic (exact) mass is 476 g/mol. The highest BCUT2D eigenvalue weighted by atomic mass is 32.2. The number of carbonyl (C=O) groups excluding carboxylic acids is 3. The molecule has 0 saturated carbocycles. The van der Waals surface area contributed by atoms with Crippen molar-refractivity contribution in [3.05, 3.63) is 71.3 Å². The highest BCUT2D eigenvalue weighted by molar-refractivity contribution is 7.85. The van der Waals surface area contributed by atoms with E-state index in [1.54, 1.807) is 6.07 Å². The molecule has 33 heavy (non-hydrogen) atoms. The van der Waals surface area contributed by atoms with Gasteiger partial charge in [-0.05, 0) is 43.0 Å². The fraction of sp³-hybridized carbons (Fsp3) is 0.348. The molecule has 0 aromatic heterocycles. The molecular weight excluding hydrogens is 448 g/mol. The Bertz CT molecular complexity index is 1060. The Balaban J connectivity index is 2.04. The minimum atomic E-state index is -3.54. The second-order valence-electron chi connectivity index (χ2n) is 7.32. The fourth-order valence-electron chi connectivity index (χ4n) is 2.98. The third-order valence-electron chi connectivity index (χ3n) is 4.66. The number of esters is 1. The molecule has 2 aromatic rings. The molecule has 0 aliphatic heterocycles. The van der Waals surface area contributed by atoms with Crippen LogP contribution in [0.15, 0.2) is 54.6 Å². The van der Waals surface area contributed by atoms with Crippen molar-refractivity contribution in [1.29, 1.82) is 0 Å². The van der Waals surface area contributed by atoms with Crippen LogP contribution in [0.1, 0.15) is 45.5 Å². The van der Waals surface area contributed by atoms with E-state index in [2.05, 4.69) is 15.4 Å². The Hall–Kier alpha value is -3.24. The van der Waals surface area contributed by atoms with Gasteiger partial charge < -0.3 is 15.4 Å². The Morgan fingerprint density at radius 3 is 2.33 bits per heavy atom. The summed E-state index contributed by atoms with van der Waals surface area (Å²) in [5.41, 5.74) is 1.33. The van der Waals surface area contributed by atoms with E-state index in [0.717, 1.165) is 11.8 Å². The minimum Gasteiger partial charge on any atom is -0.465 e. The molecule has 0 bridgehead atoms. The highest BCUT2D eigenvalue weighted by Gasteiger charge is 2.22. The van der Waals surface area contributed by atoms with Crippen LogP contribution in [0.2, 0.25) is 0 Å². The number of benzene rings is 2. The highest BCUT2D eigenvalue weighted by Crippen LogP contribution is 2.09. The lowest BCUT2D eigenvalue weighted by molar-refractivity contribution is -0.123. The third kappa shape index (κ3) is 9.42. The number of nitrogens with one attached hydrogen (secondary N) is 2. The summed E-state index contributed by atoms with van der Waals surface area (Å²) in [6, 6.07) is 14.5. The fourth-order valence-corrected chi connectivity index (χ4v) is 3.41. The lowest BCUT2D eigenvalue weighted by Crippen LogP contribution is -2.46. The molecule has 2 amide bonds. The van der Waals surface area contributed by atoms with Gasteiger partial charge in [-0.3, -0.25) is 13.8 Å². The lowest BCUT2D eigenvalue weighted by Gasteiger charge is -2.19. The van der Waals surface area contributed by atoms with Gasteiger partial charge in [0.05, 0.1) is 25.5 Å². The van der Waals surface area contributed by atoms with E-state index < -0.39 is 28.0 Å². The topological polar surface area (TPSA) is 128 Å². The van der Waals surface area contributed by atoms with Crippen molar-refractivity contribution in [2.45, 2.75) is 31.8 Å². The zero-order valence-corrected chi connectivity index (χ0v) is 19.4. The number of carbonyl (C=O) groups is 3. The van der Waals surface area contributed by atoms with Gasteiger partial charge in [0.15, 0.2) is 0 Å². The van der Waals surface area contributed by atoms with E-state index in [9.17, 15) is 22.8 Å². The predicted octanol–water partition coefficient (Wildman–Crippen LogP) is 2.03. The van der Waals surface area contributed by atoms with E-state index >= 15 is 0 Å². The zero-order valence-electron chi connectivity index (χ0n) is 18.6. The van der Waals surface area contributed by atoms with Crippen LogP contribution < -0.4 is 10.6 Å². The molecule has 0 spiro atoms. The summed E-state index contributed by atoms with van der Waals surface area (Å²) in [5, 5.41) is 5.50. The summed E-state index contributed by atoms with van der Waals surface area (Å²) < 4.78 is 31.5. The first kappa shape index (κ1) is 26.0. The van der Waals surface area contributed by atoms with Gasteiger partial charge in [0.1, 0.15) is 6.04 Å². The molecular formula is C23H28N2O7S. The van der Waals surface area contributed by atoms with E-state index in [1.165, 1.54) is 25.3 Å². The van der Waals surface area contributed by atoms with Gasteiger partial charge in [-0.25, -0.2) is 4.79 Å². The summed E-state index contributed by atoms with van der Waals surface area (Å²) in [5.74, 6) is -1.47. The number of rotatable bonds is 12. The normalized spacial score (nSPS) is 11.9. The van der Waals surface area contributed by atoms with Gasteiger partial charge in [0, 0.05) is 12.1 Å². The first-order chi connectivity index (χ1) is 15.7. The second kappa shape index (κ2) is 12.7. The first-order valence-electron chi connectivity index (χ1n) is 10.3. The van der Waals surface area contributed by atoms with Crippen LogP contribution in [0.5, 0.6) is 0 Å².